The number of carboxylic acids is 1. The Hall–Kier alpha value is -1.63. The number of nitrogens with one attached hydrogen (secondary N) is 2. The standard InChI is InChI=1S/C11H17N3O3S/c1-11(2,3)8(9(15)16)14-10(17)13-5-7-4-12-6-18-7/h4,6,8H,5H2,1-3H3,(H,15,16)(H2,13,14,17)/t8-/m1/s1. The molecule has 7 heteroatoms. The van der Waals surface area contributed by atoms with Crippen molar-refractivity contribution in [3.63, 3.8) is 0 Å². The summed E-state index contributed by atoms with van der Waals surface area (Å²) in [5, 5.41) is 14.1. The second-order valence-corrected chi connectivity index (χ2v) is 5.90. The third kappa shape index (κ3) is 4.33. The summed E-state index contributed by atoms with van der Waals surface area (Å²) in [6, 6.07) is -1.43. The lowest BCUT2D eigenvalue weighted by Crippen LogP contribution is -2.52. The molecule has 3 N–H and O–H groups in total. The summed E-state index contributed by atoms with van der Waals surface area (Å²) in [6.45, 7) is 5.62. The van der Waals surface area contributed by atoms with E-state index in [1.165, 1.54) is 11.3 Å². The van der Waals surface area contributed by atoms with E-state index in [1.807, 2.05) is 0 Å². The van der Waals surface area contributed by atoms with Gasteiger partial charge in [0.2, 0.25) is 0 Å². The number of carbonyl (C=O) groups is 2. The summed E-state index contributed by atoms with van der Waals surface area (Å²) < 4.78 is 0. The molecule has 0 unspecified atom stereocenters. The van der Waals surface area contributed by atoms with E-state index in [0.29, 0.717) is 6.54 Å². The molecule has 0 aliphatic heterocycles. The molecule has 0 saturated heterocycles. The van der Waals surface area contributed by atoms with Gasteiger partial charge in [0.1, 0.15) is 6.04 Å². The summed E-state index contributed by atoms with van der Waals surface area (Å²) in [7, 11) is 0. The molecule has 0 bridgehead atoms. The number of amides is 2. The first-order chi connectivity index (χ1) is 8.30. The van der Waals surface area contributed by atoms with Crippen LogP contribution >= 0.6 is 11.3 Å². The van der Waals surface area contributed by atoms with Crippen LogP contribution in [0, 0.1) is 5.41 Å². The molecule has 0 saturated carbocycles. The molecule has 0 fully saturated rings. The number of hydrogen-bond acceptors (Lipinski definition) is 4. The molecule has 1 aromatic rings. The van der Waals surface area contributed by atoms with Crippen LogP contribution in [0.2, 0.25) is 0 Å². The Morgan fingerprint density at radius 3 is 2.61 bits per heavy atom. The van der Waals surface area contributed by atoms with E-state index in [2.05, 4.69) is 15.6 Å². The van der Waals surface area contributed by atoms with Gasteiger partial charge in [-0.3, -0.25) is 4.98 Å². The molecule has 0 aromatic carbocycles. The largest absolute Gasteiger partial charge is 0.480 e. The fourth-order valence-electron chi connectivity index (χ4n) is 1.33. The van der Waals surface area contributed by atoms with E-state index < -0.39 is 23.5 Å². The van der Waals surface area contributed by atoms with Crippen molar-refractivity contribution in [3.8, 4) is 0 Å². The minimum Gasteiger partial charge on any atom is -0.480 e. The molecule has 6 nitrogen and oxygen atoms in total. The van der Waals surface area contributed by atoms with Gasteiger partial charge in [-0.2, -0.15) is 0 Å². The predicted octanol–water partition coefficient (Wildman–Crippen LogP) is 1.44. The Morgan fingerprint density at radius 1 is 1.50 bits per heavy atom. The first-order valence-electron chi connectivity index (χ1n) is 5.45. The Bertz CT molecular complexity index is 412. The Balaban J connectivity index is 2.49. The number of rotatable bonds is 4. The highest BCUT2D eigenvalue weighted by Gasteiger charge is 2.32. The van der Waals surface area contributed by atoms with Crippen LogP contribution in [-0.2, 0) is 11.3 Å². The number of aromatic nitrogens is 1. The van der Waals surface area contributed by atoms with Crippen molar-refractivity contribution in [1.29, 1.82) is 0 Å². The zero-order valence-electron chi connectivity index (χ0n) is 10.6. The summed E-state index contributed by atoms with van der Waals surface area (Å²) in [5.41, 5.74) is 1.12. The molecule has 1 heterocycles. The van der Waals surface area contributed by atoms with Gasteiger partial charge in [0.15, 0.2) is 0 Å². The molecule has 100 valence electrons. The van der Waals surface area contributed by atoms with Gasteiger partial charge in [0.25, 0.3) is 0 Å². The van der Waals surface area contributed by atoms with Crippen LogP contribution < -0.4 is 10.6 Å². The van der Waals surface area contributed by atoms with E-state index in [1.54, 1.807) is 32.5 Å². The van der Waals surface area contributed by atoms with Gasteiger partial charge in [0, 0.05) is 11.1 Å². The number of carbonyl (C=O) groups excluding carboxylic acids is 1. The second-order valence-electron chi connectivity index (χ2n) is 4.93. The van der Waals surface area contributed by atoms with Gasteiger partial charge >= 0.3 is 12.0 Å². The van der Waals surface area contributed by atoms with Crippen molar-refractivity contribution < 1.29 is 14.7 Å². The maximum atomic E-state index is 11.6. The number of aliphatic carboxylic acids is 1. The summed E-state index contributed by atoms with van der Waals surface area (Å²) in [5.74, 6) is -1.05. The zero-order chi connectivity index (χ0) is 13.8. The lowest BCUT2D eigenvalue weighted by atomic mass is 9.87. The maximum absolute atomic E-state index is 11.6. The van der Waals surface area contributed by atoms with Gasteiger partial charge in [-0.1, -0.05) is 20.8 Å². The smallest absolute Gasteiger partial charge is 0.326 e. The van der Waals surface area contributed by atoms with Gasteiger partial charge in [-0.05, 0) is 5.41 Å². The van der Waals surface area contributed by atoms with Crippen molar-refractivity contribution in [2.45, 2.75) is 33.4 Å². The number of urea groups is 1. The quantitative estimate of drug-likeness (QED) is 0.772. The van der Waals surface area contributed by atoms with Crippen LogP contribution in [0.1, 0.15) is 25.6 Å². The molecule has 1 aromatic heterocycles. The lowest BCUT2D eigenvalue weighted by Gasteiger charge is -2.27. The van der Waals surface area contributed by atoms with Crippen LogP contribution in [-0.4, -0.2) is 28.1 Å². The van der Waals surface area contributed by atoms with Crippen molar-refractivity contribution in [3.05, 3.63) is 16.6 Å². The Kier molecular flexibility index (Phi) is 4.66. The fourth-order valence-corrected chi connectivity index (χ4v) is 1.86. The maximum Gasteiger partial charge on any atom is 0.326 e. The van der Waals surface area contributed by atoms with Crippen LogP contribution in [0.25, 0.3) is 0 Å². The third-order valence-corrected chi connectivity index (χ3v) is 3.07. The van der Waals surface area contributed by atoms with Crippen molar-refractivity contribution in [1.82, 2.24) is 15.6 Å². The Labute approximate surface area is 109 Å². The van der Waals surface area contributed by atoms with Crippen molar-refractivity contribution in [2.24, 2.45) is 5.41 Å². The van der Waals surface area contributed by atoms with E-state index >= 15 is 0 Å². The minimum absolute atomic E-state index is 0.340. The third-order valence-electron chi connectivity index (χ3n) is 2.30. The van der Waals surface area contributed by atoms with Crippen LogP contribution in [0.15, 0.2) is 11.7 Å². The highest BCUT2D eigenvalue weighted by atomic mass is 32.1. The fraction of sp³-hybridized carbons (Fsp3) is 0.545. The lowest BCUT2D eigenvalue weighted by molar-refractivity contribution is -0.141. The molecule has 1 atom stereocenters. The molecule has 0 spiro atoms. The molecule has 2 amide bonds. The number of carboxylic acid groups (broad SMARTS) is 1. The van der Waals surface area contributed by atoms with E-state index in [4.69, 9.17) is 5.11 Å². The van der Waals surface area contributed by atoms with E-state index in [9.17, 15) is 9.59 Å². The number of hydrogen-bond donors (Lipinski definition) is 3. The molecule has 0 aliphatic carbocycles. The SMILES string of the molecule is CC(C)(C)[C@H](NC(=O)NCc1cncs1)C(=O)O. The van der Waals surface area contributed by atoms with Crippen LogP contribution in [0.3, 0.4) is 0 Å². The average molecular weight is 271 g/mol. The average Bonchev–Trinajstić information content (AvgIpc) is 2.73. The zero-order valence-corrected chi connectivity index (χ0v) is 11.4. The first-order valence-corrected chi connectivity index (χ1v) is 6.33. The molecular weight excluding hydrogens is 254 g/mol. The molecule has 0 aliphatic rings. The van der Waals surface area contributed by atoms with Gasteiger partial charge in [-0.15, -0.1) is 11.3 Å². The molecular formula is C11H17N3O3S. The highest BCUT2D eigenvalue weighted by Crippen LogP contribution is 2.19. The van der Waals surface area contributed by atoms with Crippen molar-refractivity contribution >= 4 is 23.3 Å². The topological polar surface area (TPSA) is 91.3 Å². The normalized spacial score (nSPS) is 12.8. The second kappa shape index (κ2) is 5.81. The predicted molar refractivity (Wildman–Crippen MR) is 68.4 cm³/mol. The summed E-state index contributed by atoms with van der Waals surface area (Å²) in [6.07, 6.45) is 1.66. The van der Waals surface area contributed by atoms with Crippen LogP contribution in [0.5, 0.6) is 0 Å². The van der Waals surface area contributed by atoms with Gasteiger partial charge in [-0.25, -0.2) is 9.59 Å². The Morgan fingerprint density at radius 2 is 2.17 bits per heavy atom. The summed E-state index contributed by atoms with van der Waals surface area (Å²) in [4.78, 5) is 27.5. The van der Waals surface area contributed by atoms with E-state index in [0.717, 1.165) is 4.88 Å². The van der Waals surface area contributed by atoms with Crippen LogP contribution in [0.4, 0.5) is 4.79 Å². The summed E-state index contributed by atoms with van der Waals surface area (Å²) >= 11 is 1.43. The van der Waals surface area contributed by atoms with Gasteiger partial charge < -0.3 is 15.7 Å². The van der Waals surface area contributed by atoms with E-state index in [-0.39, 0.29) is 0 Å². The molecule has 1 rings (SSSR count). The molecule has 0 radical (unpaired) electrons. The minimum atomic E-state index is -1.05. The molecule has 18 heavy (non-hydrogen) atoms. The first kappa shape index (κ1) is 14.4. The van der Waals surface area contributed by atoms with Crippen molar-refractivity contribution in [2.75, 3.05) is 0 Å². The van der Waals surface area contributed by atoms with Gasteiger partial charge in [0.05, 0.1) is 12.1 Å². The highest BCUT2D eigenvalue weighted by molar-refractivity contribution is 7.09. The number of nitrogens with zero attached hydrogens (tertiary/aromatic N) is 1. The number of thiazole rings is 1. The monoisotopic (exact) mass is 271 g/mol.